The first-order chi connectivity index (χ1) is 12.0. The SMILES string of the molecule is CC(C(=O)Nc1ccc(N2CCCC2=O)cc1)N1CCC(C(=O)O)C1.Cl. The van der Waals surface area contributed by atoms with E-state index in [2.05, 4.69) is 5.32 Å². The van der Waals surface area contributed by atoms with Gasteiger partial charge >= 0.3 is 5.97 Å². The number of carboxylic acid groups (broad SMARTS) is 1. The molecule has 2 atom stereocenters. The minimum atomic E-state index is -0.804. The van der Waals surface area contributed by atoms with Gasteiger partial charge in [0.15, 0.2) is 0 Å². The molecule has 2 unspecified atom stereocenters. The van der Waals surface area contributed by atoms with Gasteiger partial charge in [-0.25, -0.2) is 0 Å². The lowest BCUT2D eigenvalue weighted by Crippen LogP contribution is -2.41. The first kappa shape index (κ1) is 20.2. The molecule has 0 spiro atoms. The Labute approximate surface area is 158 Å². The molecule has 2 aliphatic rings. The summed E-state index contributed by atoms with van der Waals surface area (Å²) in [4.78, 5) is 38.8. The molecule has 7 nitrogen and oxygen atoms in total. The molecule has 0 aliphatic carbocycles. The van der Waals surface area contributed by atoms with Gasteiger partial charge < -0.3 is 15.3 Å². The topological polar surface area (TPSA) is 90.0 Å². The molecule has 26 heavy (non-hydrogen) atoms. The monoisotopic (exact) mass is 381 g/mol. The van der Waals surface area contributed by atoms with Crippen LogP contribution in [0.2, 0.25) is 0 Å². The van der Waals surface area contributed by atoms with Crippen molar-refractivity contribution in [3.8, 4) is 0 Å². The first-order valence-corrected chi connectivity index (χ1v) is 8.64. The predicted octanol–water partition coefficient (Wildman–Crippen LogP) is 1.97. The molecule has 1 aromatic carbocycles. The zero-order valence-electron chi connectivity index (χ0n) is 14.7. The van der Waals surface area contributed by atoms with Gasteiger partial charge in [0.1, 0.15) is 0 Å². The van der Waals surface area contributed by atoms with Crippen LogP contribution in [0.15, 0.2) is 24.3 Å². The van der Waals surface area contributed by atoms with Crippen LogP contribution in [-0.2, 0) is 14.4 Å². The van der Waals surface area contributed by atoms with Gasteiger partial charge in [0, 0.05) is 30.9 Å². The molecule has 8 heteroatoms. The van der Waals surface area contributed by atoms with Crippen LogP contribution in [0.4, 0.5) is 11.4 Å². The van der Waals surface area contributed by atoms with Gasteiger partial charge in [0.2, 0.25) is 11.8 Å². The van der Waals surface area contributed by atoms with E-state index in [1.807, 2.05) is 17.0 Å². The van der Waals surface area contributed by atoms with E-state index in [1.165, 1.54) is 0 Å². The second kappa shape index (κ2) is 8.51. The molecule has 2 aliphatic heterocycles. The van der Waals surface area contributed by atoms with Crippen LogP contribution in [0.25, 0.3) is 0 Å². The summed E-state index contributed by atoms with van der Waals surface area (Å²) in [6, 6.07) is 6.86. The highest BCUT2D eigenvalue weighted by molar-refractivity contribution is 5.97. The number of amides is 2. The van der Waals surface area contributed by atoms with Crippen molar-refractivity contribution in [1.29, 1.82) is 0 Å². The van der Waals surface area contributed by atoms with E-state index in [9.17, 15) is 14.4 Å². The van der Waals surface area contributed by atoms with Crippen LogP contribution in [0.5, 0.6) is 0 Å². The Balaban J connectivity index is 0.00000243. The van der Waals surface area contributed by atoms with Gasteiger partial charge in [-0.2, -0.15) is 0 Å². The normalized spacial score (nSPS) is 21.3. The fraction of sp³-hybridized carbons (Fsp3) is 0.500. The first-order valence-electron chi connectivity index (χ1n) is 8.64. The molecule has 2 amide bonds. The Bertz CT molecular complexity index is 680. The molecule has 2 saturated heterocycles. The predicted molar refractivity (Wildman–Crippen MR) is 101 cm³/mol. The van der Waals surface area contributed by atoms with Gasteiger partial charge in [-0.3, -0.25) is 19.3 Å². The van der Waals surface area contributed by atoms with Gasteiger partial charge in [0.05, 0.1) is 12.0 Å². The lowest BCUT2D eigenvalue weighted by Gasteiger charge is -2.23. The third-order valence-electron chi connectivity index (χ3n) is 5.02. The molecule has 142 valence electrons. The van der Waals surface area contributed by atoms with Crippen molar-refractivity contribution < 1.29 is 19.5 Å². The summed E-state index contributed by atoms with van der Waals surface area (Å²) >= 11 is 0. The Kier molecular flexibility index (Phi) is 6.61. The maximum Gasteiger partial charge on any atom is 0.307 e. The number of nitrogens with zero attached hydrogens (tertiary/aromatic N) is 2. The molecule has 2 fully saturated rings. The van der Waals surface area contributed by atoms with E-state index in [0.29, 0.717) is 31.6 Å². The Morgan fingerprint density at radius 1 is 1.23 bits per heavy atom. The van der Waals surface area contributed by atoms with Gasteiger partial charge in [0.25, 0.3) is 0 Å². The standard InChI is InChI=1S/C18H23N3O4.ClH/c1-12(20-10-8-13(11-20)18(24)25)17(23)19-14-4-6-15(7-5-14)21-9-2-3-16(21)22;/h4-7,12-13H,2-3,8-11H2,1H3,(H,19,23)(H,24,25);1H. The highest BCUT2D eigenvalue weighted by Gasteiger charge is 2.33. The molecular formula is C18H24ClN3O4. The second-order valence-electron chi connectivity index (χ2n) is 6.68. The van der Waals surface area contributed by atoms with Gasteiger partial charge in [-0.1, -0.05) is 0 Å². The average Bonchev–Trinajstić information content (AvgIpc) is 3.24. The van der Waals surface area contributed by atoms with Crippen molar-refractivity contribution in [3.05, 3.63) is 24.3 Å². The summed E-state index contributed by atoms with van der Waals surface area (Å²) in [7, 11) is 0. The molecule has 0 radical (unpaired) electrons. The second-order valence-corrected chi connectivity index (χ2v) is 6.68. The molecule has 3 rings (SSSR count). The molecule has 1 aromatic rings. The summed E-state index contributed by atoms with van der Waals surface area (Å²) in [6.07, 6.45) is 2.04. The van der Waals surface area contributed by atoms with Gasteiger partial charge in [-0.15, -0.1) is 12.4 Å². The average molecular weight is 382 g/mol. The van der Waals surface area contributed by atoms with Crippen LogP contribution in [0, 0.1) is 5.92 Å². The Morgan fingerprint density at radius 3 is 2.46 bits per heavy atom. The van der Waals surface area contributed by atoms with E-state index in [1.54, 1.807) is 24.0 Å². The number of carbonyl (C=O) groups is 3. The molecule has 0 saturated carbocycles. The summed E-state index contributed by atoms with van der Waals surface area (Å²) < 4.78 is 0. The Hall–Kier alpha value is -2.12. The van der Waals surface area contributed by atoms with Gasteiger partial charge in [-0.05, 0) is 50.6 Å². The zero-order chi connectivity index (χ0) is 18.0. The Morgan fingerprint density at radius 2 is 1.92 bits per heavy atom. The van der Waals surface area contributed by atoms with Crippen molar-refractivity contribution >= 4 is 41.6 Å². The van der Waals surface area contributed by atoms with Crippen LogP contribution in [-0.4, -0.2) is 53.5 Å². The summed E-state index contributed by atoms with van der Waals surface area (Å²) in [5, 5.41) is 11.9. The molecule has 2 N–H and O–H groups in total. The highest BCUT2D eigenvalue weighted by atomic mass is 35.5. The van der Waals surface area contributed by atoms with E-state index in [-0.39, 0.29) is 30.3 Å². The number of nitrogens with one attached hydrogen (secondary N) is 1. The molecule has 2 heterocycles. The number of rotatable bonds is 5. The number of halogens is 1. The minimum absolute atomic E-state index is 0. The van der Waals surface area contributed by atoms with Crippen LogP contribution < -0.4 is 10.2 Å². The minimum Gasteiger partial charge on any atom is -0.481 e. The van der Waals surface area contributed by atoms with Crippen molar-refractivity contribution in [2.75, 3.05) is 29.9 Å². The third kappa shape index (κ3) is 4.34. The molecular weight excluding hydrogens is 358 g/mol. The largest absolute Gasteiger partial charge is 0.481 e. The lowest BCUT2D eigenvalue weighted by atomic mass is 10.1. The summed E-state index contributed by atoms with van der Waals surface area (Å²) in [6.45, 7) is 3.54. The molecule has 0 aromatic heterocycles. The maximum absolute atomic E-state index is 12.4. The summed E-state index contributed by atoms with van der Waals surface area (Å²) in [5.74, 6) is -1.22. The van der Waals surface area contributed by atoms with Crippen LogP contribution in [0.1, 0.15) is 26.2 Å². The fourth-order valence-electron chi connectivity index (χ4n) is 3.40. The van der Waals surface area contributed by atoms with Crippen molar-refractivity contribution in [2.24, 2.45) is 5.92 Å². The quantitative estimate of drug-likeness (QED) is 0.813. The fourth-order valence-corrected chi connectivity index (χ4v) is 3.40. The number of hydrogen-bond donors (Lipinski definition) is 2. The van der Waals surface area contributed by atoms with E-state index >= 15 is 0 Å². The third-order valence-corrected chi connectivity index (χ3v) is 5.02. The van der Waals surface area contributed by atoms with Crippen molar-refractivity contribution in [1.82, 2.24) is 4.90 Å². The number of hydrogen-bond acceptors (Lipinski definition) is 4. The lowest BCUT2D eigenvalue weighted by molar-refractivity contribution is -0.141. The number of carboxylic acids is 1. The summed E-state index contributed by atoms with van der Waals surface area (Å²) in [5.41, 5.74) is 1.51. The van der Waals surface area contributed by atoms with Crippen molar-refractivity contribution in [2.45, 2.75) is 32.2 Å². The number of likely N-dealkylation sites (tertiary alicyclic amines) is 1. The van der Waals surface area contributed by atoms with E-state index in [0.717, 1.165) is 18.7 Å². The zero-order valence-corrected chi connectivity index (χ0v) is 15.5. The highest BCUT2D eigenvalue weighted by Crippen LogP contribution is 2.24. The van der Waals surface area contributed by atoms with E-state index in [4.69, 9.17) is 5.11 Å². The number of carbonyl (C=O) groups excluding carboxylic acids is 2. The molecule has 0 bridgehead atoms. The van der Waals surface area contributed by atoms with Crippen LogP contribution >= 0.6 is 12.4 Å². The van der Waals surface area contributed by atoms with E-state index < -0.39 is 11.9 Å². The number of benzene rings is 1. The maximum atomic E-state index is 12.4. The smallest absolute Gasteiger partial charge is 0.307 e. The number of aliphatic carboxylic acids is 1. The number of anilines is 2. The van der Waals surface area contributed by atoms with Crippen LogP contribution in [0.3, 0.4) is 0 Å². The van der Waals surface area contributed by atoms with Crippen molar-refractivity contribution in [3.63, 3.8) is 0 Å².